The van der Waals surface area contributed by atoms with Gasteiger partial charge in [-0.25, -0.2) is 0 Å². The third kappa shape index (κ3) is 4.95. The maximum atomic E-state index is 6.09. The third-order valence-corrected chi connectivity index (χ3v) is 3.91. The Kier molecular flexibility index (Phi) is 7.75. The Morgan fingerprint density at radius 3 is 2.63 bits per heavy atom. The predicted molar refractivity (Wildman–Crippen MR) is 90.0 cm³/mol. The Bertz CT molecular complexity index is 301. The third-order valence-electron chi connectivity index (χ3n) is 3.91. The molecule has 2 aliphatic rings. The highest BCUT2D eigenvalue weighted by molar-refractivity contribution is 14.0. The van der Waals surface area contributed by atoms with Gasteiger partial charge in [-0.2, -0.15) is 0 Å². The van der Waals surface area contributed by atoms with Crippen LogP contribution >= 0.6 is 24.0 Å². The summed E-state index contributed by atoms with van der Waals surface area (Å²) in [7, 11) is 0. The minimum Gasteiger partial charge on any atom is -0.374 e. The molecule has 0 bridgehead atoms. The van der Waals surface area contributed by atoms with Crippen molar-refractivity contribution in [2.75, 3.05) is 26.2 Å². The number of ether oxygens (including phenoxy) is 1. The Labute approximate surface area is 133 Å². The Morgan fingerprint density at radius 1 is 1.32 bits per heavy atom. The van der Waals surface area contributed by atoms with Gasteiger partial charge in [0.1, 0.15) is 0 Å². The van der Waals surface area contributed by atoms with Crippen LogP contribution < -0.4 is 5.73 Å². The van der Waals surface area contributed by atoms with Gasteiger partial charge in [0.05, 0.1) is 6.10 Å². The first-order valence-electron chi connectivity index (χ1n) is 7.10. The van der Waals surface area contributed by atoms with E-state index in [1.165, 1.54) is 25.7 Å². The SMILES string of the molecule is C=C[C@@H]1OCC[C@H]1CN=C(N)N1CCCCCC1.I. The van der Waals surface area contributed by atoms with Gasteiger partial charge >= 0.3 is 0 Å². The number of likely N-dealkylation sites (tertiary alicyclic amines) is 1. The van der Waals surface area contributed by atoms with E-state index in [4.69, 9.17) is 10.5 Å². The fourth-order valence-electron chi connectivity index (χ4n) is 2.72. The van der Waals surface area contributed by atoms with Gasteiger partial charge in [0.25, 0.3) is 0 Å². The van der Waals surface area contributed by atoms with Crippen LogP contribution in [0.25, 0.3) is 0 Å². The summed E-state index contributed by atoms with van der Waals surface area (Å²) in [6.07, 6.45) is 8.21. The Morgan fingerprint density at radius 2 is 2.00 bits per heavy atom. The minimum absolute atomic E-state index is 0. The van der Waals surface area contributed by atoms with Gasteiger partial charge in [-0.05, 0) is 19.3 Å². The number of halogens is 1. The Hall–Kier alpha value is -0.300. The molecule has 5 heteroatoms. The topological polar surface area (TPSA) is 50.9 Å². The lowest BCUT2D eigenvalue weighted by Gasteiger charge is -2.22. The van der Waals surface area contributed by atoms with E-state index in [9.17, 15) is 0 Å². The molecule has 0 unspecified atom stereocenters. The standard InChI is InChI=1S/C14H25N3O.HI/c1-2-13-12(7-10-18-13)11-16-14(15)17-8-5-3-4-6-9-17;/h2,12-13H,1,3-11H2,(H2,15,16);1H/t12-,13-;/m0./s1. The number of aliphatic imine (C=N–C) groups is 1. The highest BCUT2D eigenvalue weighted by Gasteiger charge is 2.25. The summed E-state index contributed by atoms with van der Waals surface area (Å²) in [5.74, 6) is 1.17. The Balaban J connectivity index is 0.00000180. The van der Waals surface area contributed by atoms with Crippen LogP contribution in [0.2, 0.25) is 0 Å². The van der Waals surface area contributed by atoms with E-state index in [-0.39, 0.29) is 30.1 Å². The molecule has 110 valence electrons. The van der Waals surface area contributed by atoms with E-state index < -0.39 is 0 Å². The molecule has 0 amide bonds. The van der Waals surface area contributed by atoms with Crippen LogP contribution in [0.3, 0.4) is 0 Å². The zero-order valence-corrected chi connectivity index (χ0v) is 13.9. The van der Waals surface area contributed by atoms with E-state index >= 15 is 0 Å². The molecule has 0 aromatic carbocycles. The summed E-state index contributed by atoms with van der Waals surface area (Å²) in [5.41, 5.74) is 6.09. The first kappa shape index (κ1) is 16.8. The molecule has 0 aliphatic carbocycles. The van der Waals surface area contributed by atoms with E-state index in [1.54, 1.807) is 0 Å². The molecule has 0 radical (unpaired) electrons. The average molecular weight is 379 g/mol. The highest BCUT2D eigenvalue weighted by Crippen LogP contribution is 2.22. The molecule has 4 nitrogen and oxygen atoms in total. The number of rotatable bonds is 3. The van der Waals surface area contributed by atoms with Crippen molar-refractivity contribution in [3.8, 4) is 0 Å². The predicted octanol–water partition coefficient (Wildman–Crippen LogP) is 2.39. The number of guanidine groups is 1. The molecular weight excluding hydrogens is 353 g/mol. The van der Waals surface area contributed by atoms with Crippen LogP contribution in [0.1, 0.15) is 32.1 Å². The van der Waals surface area contributed by atoms with Crippen molar-refractivity contribution in [2.24, 2.45) is 16.6 Å². The second-order valence-electron chi connectivity index (χ2n) is 5.22. The first-order chi connectivity index (χ1) is 8.81. The van der Waals surface area contributed by atoms with E-state index in [0.29, 0.717) is 11.9 Å². The number of nitrogens with two attached hydrogens (primary N) is 1. The van der Waals surface area contributed by atoms with Gasteiger partial charge in [-0.3, -0.25) is 4.99 Å². The van der Waals surface area contributed by atoms with Gasteiger partial charge in [0.2, 0.25) is 0 Å². The zero-order valence-electron chi connectivity index (χ0n) is 11.6. The molecule has 0 aromatic heterocycles. The van der Waals surface area contributed by atoms with Crippen LogP contribution in [-0.4, -0.2) is 43.2 Å². The summed E-state index contributed by atoms with van der Waals surface area (Å²) in [5, 5.41) is 0. The minimum atomic E-state index is 0. The molecule has 2 rings (SSSR count). The molecule has 2 atom stereocenters. The lowest BCUT2D eigenvalue weighted by atomic mass is 10.0. The van der Waals surface area contributed by atoms with Crippen LogP contribution in [0.4, 0.5) is 0 Å². The van der Waals surface area contributed by atoms with Crippen LogP contribution in [0, 0.1) is 5.92 Å². The van der Waals surface area contributed by atoms with Crippen molar-refractivity contribution < 1.29 is 4.74 Å². The van der Waals surface area contributed by atoms with Crippen LogP contribution in [-0.2, 0) is 4.74 Å². The summed E-state index contributed by atoms with van der Waals surface area (Å²) >= 11 is 0. The molecule has 0 saturated carbocycles. The lowest BCUT2D eigenvalue weighted by molar-refractivity contribution is 0.129. The molecule has 19 heavy (non-hydrogen) atoms. The quantitative estimate of drug-likeness (QED) is 0.355. The normalized spacial score (nSPS) is 28.6. The van der Waals surface area contributed by atoms with Crippen molar-refractivity contribution in [1.82, 2.24) is 4.90 Å². The summed E-state index contributed by atoms with van der Waals surface area (Å²) in [6.45, 7) is 7.50. The fraction of sp³-hybridized carbons (Fsp3) is 0.786. The van der Waals surface area contributed by atoms with Gasteiger partial charge in [-0.15, -0.1) is 30.6 Å². The van der Waals surface area contributed by atoms with Crippen LogP contribution in [0.15, 0.2) is 17.6 Å². The smallest absolute Gasteiger partial charge is 0.191 e. The first-order valence-corrected chi connectivity index (χ1v) is 7.10. The second kappa shape index (κ2) is 8.79. The van der Waals surface area contributed by atoms with Crippen molar-refractivity contribution >= 4 is 29.9 Å². The molecule has 2 aliphatic heterocycles. The zero-order chi connectivity index (χ0) is 12.8. The molecule has 0 aromatic rings. The van der Waals surface area contributed by atoms with E-state index in [0.717, 1.165) is 32.7 Å². The molecule has 2 fully saturated rings. The molecule has 2 heterocycles. The van der Waals surface area contributed by atoms with Crippen molar-refractivity contribution in [1.29, 1.82) is 0 Å². The lowest BCUT2D eigenvalue weighted by Crippen LogP contribution is -2.38. The molecule has 2 saturated heterocycles. The van der Waals surface area contributed by atoms with E-state index in [2.05, 4.69) is 16.5 Å². The summed E-state index contributed by atoms with van der Waals surface area (Å²) < 4.78 is 5.57. The second-order valence-corrected chi connectivity index (χ2v) is 5.22. The molecular formula is C14H26IN3O. The summed E-state index contributed by atoms with van der Waals surface area (Å²) in [6, 6.07) is 0. The monoisotopic (exact) mass is 379 g/mol. The van der Waals surface area contributed by atoms with Crippen molar-refractivity contribution in [3.05, 3.63) is 12.7 Å². The highest BCUT2D eigenvalue weighted by atomic mass is 127. The van der Waals surface area contributed by atoms with Crippen LogP contribution in [0.5, 0.6) is 0 Å². The average Bonchev–Trinajstić information content (AvgIpc) is 2.67. The number of hydrogen-bond acceptors (Lipinski definition) is 2. The van der Waals surface area contributed by atoms with Gasteiger partial charge in [-0.1, -0.05) is 18.9 Å². The van der Waals surface area contributed by atoms with Crippen molar-refractivity contribution in [3.63, 3.8) is 0 Å². The maximum Gasteiger partial charge on any atom is 0.191 e. The molecule has 2 N–H and O–H groups in total. The number of hydrogen-bond donors (Lipinski definition) is 1. The van der Waals surface area contributed by atoms with Gasteiger partial charge < -0.3 is 15.4 Å². The van der Waals surface area contributed by atoms with Gasteiger partial charge in [0.15, 0.2) is 5.96 Å². The van der Waals surface area contributed by atoms with Gasteiger partial charge in [0, 0.05) is 32.2 Å². The fourth-order valence-corrected chi connectivity index (χ4v) is 2.72. The number of nitrogens with zero attached hydrogens (tertiary/aromatic N) is 2. The molecule has 0 spiro atoms. The summed E-state index contributed by atoms with van der Waals surface area (Å²) in [4.78, 5) is 6.79. The maximum absolute atomic E-state index is 6.09. The van der Waals surface area contributed by atoms with Crippen molar-refractivity contribution in [2.45, 2.75) is 38.2 Å². The van der Waals surface area contributed by atoms with E-state index in [1.807, 2.05) is 6.08 Å². The largest absolute Gasteiger partial charge is 0.374 e.